The lowest BCUT2D eigenvalue weighted by atomic mass is 10.1. The van der Waals surface area contributed by atoms with E-state index >= 15 is 0 Å². The van der Waals surface area contributed by atoms with Gasteiger partial charge in [0.2, 0.25) is 5.76 Å². The number of carbonyl (C=O) groups is 1. The van der Waals surface area contributed by atoms with Crippen molar-refractivity contribution in [2.75, 3.05) is 25.1 Å². The quantitative estimate of drug-likeness (QED) is 0.764. The maximum absolute atomic E-state index is 13.4. The van der Waals surface area contributed by atoms with Crippen LogP contribution in [0.25, 0.3) is 0 Å². The van der Waals surface area contributed by atoms with Crippen molar-refractivity contribution < 1.29 is 22.7 Å². The number of halogens is 2. The van der Waals surface area contributed by atoms with Gasteiger partial charge in [-0.3, -0.25) is 0 Å². The molecular formula is C19H20F2N2O3. The lowest BCUT2D eigenvalue weighted by Gasteiger charge is -2.22. The van der Waals surface area contributed by atoms with Crippen LogP contribution in [0.5, 0.6) is 0 Å². The van der Waals surface area contributed by atoms with Crippen molar-refractivity contribution in [3.63, 3.8) is 0 Å². The number of aryl methyl sites for hydroxylation is 1. The minimum absolute atomic E-state index is 0.169. The van der Waals surface area contributed by atoms with Crippen LogP contribution in [0.4, 0.5) is 14.6 Å². The van der Waals surface area contributed by atoms with E-state index in [9.17, 15) is 13.6 Å². The van der Waals surface area contributed by atoms with Crippen molar-refractivity contribution in [1.29, 1.82) is 0 Å². The summed E-state index contributed by atoms with van der Waals surface area (Å²) in [7, 11) is 1.31. The third-order valence-corrected chi connectivity index (χ3v) is 5.33. The highest BCUT2D eigenvalue weighted by Crippen LogP contribution is 2.59. The first kappa shape index (κ1) is 17.0. The van der Waals surface area contributed by atoms with Crippen LogP contribution in [0.1, 0.15) is 34.5 Å². The molecule has 0 aromatic carbocycles. The maximum atomic E-state index is 13.4. The number of nitrogens with zero attached hydrogens (tertiary/aromatic N) is 2. The van der Waals surface area contributed by atoms with E-state index in [-0.39, 0.29) is 5.76 Å². The van der Waals surface area contributed by atoms with Gasteiger partial charge in [0.25, 0.3) is 5.92 Å². The van der Waals surface area contributed by atoms with Gasteiger partial charge in [-0.05, 0) is 30.2 Å². The van der Waals surface area contributed by atoms with Crippen molar-refractivity contribution >= 4 is 11.8 Å². The molecule has 2 aliphatic rings. The van der Waals surface area contributed by atoms with Crippen LogP contribution in [-0.4, -0.2) is 37.1 Å². The third-order valence-electron chi connectivity index (χ3n) is 5.33. The number of piperidine rings is 1. The van der Waals surface area contributed by atoms with Gasteiger partial charge in [-0.1, -0.05) is 13.0 Å². The number of pyridine rings is 1. The number of esters is 1. The van der Waals surface area contributed by atoms with Gasteiger partial charge in [0.1, 0.15) is 11.6 Å². The Labute approximate surface area is 150 Å². The normalized spacial score (nSPS) is 23.0. The van der Waals surface area contributed by atoms with Gasteiger partial charge in [0.15, 0.2) is 0 Å². The molecule has 1 saturated heterocycles. The van der Waals surface area contributed by atoms with Gasteiger partial charge in [-0.15, -0.1) is 0 Å². The fourth-order valence-electron chi connectivity index (χ4n) is 3.73. The molecule has 2 fully saturated rings. The molecule has 0 N–H and O–H groups in total. The molecule has 138 valence electrons. The molecule has 1 saturated carbocycles. The lowest BCUT2D eigenvalue weighted by Crippen LogP contribution is -2.28. The van der Waals surface area contributed by atoms with E-state index in [1.165, 1.54) is 7.11 Å². The Kier molecular flexibility index (Phi) is 3.97. The van der Waals surface area contributed by atoms with Crippen LogP contribution < -0.4 is 4.90 Å². The lowest BCUT2D eigenvalue weighted by molar-refractivity contribution is 0.0563. The Hall–Kier alpha value is -2.44. The van der Waals surface area contributed by atoms with Gasteiger partial charge in [0, 0.05) is 25.2 Å². The van der Waals surface area contributed by atoms with Crippen molar-refractivity contribution in [3.05, 3.63) is 47.0 Å². The Bertz CT molecular complexity index is 835. The molecule has 7 heteroatoms. The summed E-state index contributed by atoms with van der Waals surface area (Å²) in [6.07, 6.45) is 1.24. The number of aromatic nitrogens is 1. The molecule has 26 heavy (non-hydrogen) atoms. The predicted molar refractivity (Wildman–Crippen MR) is 90.6 cm³/mol. The van der Waals surface area contributed by atoms with Gasteiger partial charge in [0.05, 0.1) is 18.9 Å². The first-order chi connectivity index (χ1) is 12.4. The molecule has 1 aliphatic carbocycles. The fraction of sp³-hybridized carbons (Fsp3) is 0.474. The van der Waals surface area contributed by atoms with Crippen LogP contribution in [0.2, 0.25) is 0 Å². The minimum Gasteiger partial charge on any atom is -0.463 e. The summed E-state index contributed by atoms with van der Waals surface area (Å²) in [4.78, 5) is 18.1. The summed E-state index contributed by atoms with van der Waals surface area (Å²) < 4.78 is 36.9. The molecular weight excluding hydrogens is 342 g/mol. The number of furan rings is 1. The van der Waals surface area contributed by atoms with E-state index in [0.717, 1.165) is 23.5 Å². The average Bonchev–Trinajstić information content (AvgIpc) is 3.09. The molecule has 2 aromatic rings. The molecule has 0 amide bonds. The standard InChI is InChI=1S/C19H20F2N2O3/c1-3-15-11(8-12-5-6-16(26-12)18(24)25-2)4-7-17(22-15)23-9-13-14(10-23)19(13,20)21/h4-7,13-14H,3,8-10H2,1-2H3. The zero-order chi connectivity index (χ0) is 18.5. The minimum atomic E-state index is -2.49. The van der Waals surface area contributed by atoms with Crippen molar-refractivity contribution in [2.24, 2.45) is 11.8 Å². The number of alkyl halides is 2. The van der Waals surface area contributed by atoms with E-state index in [4.69, 9.17) is 4.42 Å². The molecule has 0 bridgehead atoms. The van der Waals surface area contributed by atoms with Crippen molar-refractivity contribution in [3.8, 4) is 0 Å². The number of hydrogen-bond acceptors (Lipinski definition) is 5. The molecule has 3 heterocycles. The Balaban J connectivity index is 1.49. The zero-order valence-corrected chi connectivity index (χ0v) is 14.7. The predicted octanol–water partition coefficient (Wildman–Crippen LogP) is 3.32. The molecule has 0 spiro atoms. The smallest absolute Gasteiger partial charge is 0.373 e. The van der Waals surface area contributed by atoms with Crippen LogP contribution >= 0.6 is 0 Å². The summed E-state index contributed by atoms with van der Waals surface area (Å²) in [5.74, 6) is -2.46. The van der Waals surface area contributed by atoms with Crippen LogP contribution in [-0.2, 0) is 17.6 Å². The van der Waals surface area contributed by atoms with Gasteiger partial charge >= 0.3 is 5.97 Å². The summed E-state index contributed by atoms with van der Waals surface area (Å²) >= 11 is 0. The van der Waals surface area contributed by atoms with E-state index in [1.54, 1.807) is 12.1 Å². The number of ether oxygens (including phenoxy) is 1. The van der Waals surface area contributed by atoms with Crippen molar-refractivity contribution in [1.82, 2.24) is 4.98 Å². The van der Waals surface area contributed by atoms with Gasteiger partial charge < -0.3 is 14.1 Å². The molecule has 1 aliphatic heterocycles. The Morgan fingerprint density at radius 3 is 2.69 bits per heavy atom. The van der Waals surface area contributed by atoms with Gasteiger partial charge in [-0.25, -0.2) is 18.6 Å². The van der Waals surface area contributed by atoms with Crippen LogP contribution in [0.3, 0.4) is 0 Å². The number of anilines is 1. The molecule has 4 rings (SSSR count). The second-order valence-corrected chi connectivity index (χ2v) is 6.86. The molecule has 5 nitrogen and oxygen atoms in total. The topological polar surface area (TPSA) is 55.6 Å². The largest absolute Gasteiger partial charge is 0.463 e. The number of rotatable bonds is 5. The van der Waals surface area contributed by atoms with Crippen LogP contribution in [0, 0.1) is 11.8 Å². The highest BCUT2D eigenvalue weighted by atomic mass is 19.3. The first-order valence-corrected chi connectivity index (χ1v) is 8.72. The molecule has 2 unspecified atom stereocenters. The SMILES string of the molecule is CCc1nc(N2CC3C(C2)C3(F)F)ccc1Cc1ccc(C(=O)OC)o1. The average molecular weight is 362 g/mol. The number of methoxy groups -OCH3 is 1. The molecule has 0 radical (unpaired) electrons. The first-order valence-electron chi connectivity index (χ1n) is 8.72. The van der Waals surface area contributed by atoms with E-state index in [0.29, 0.717) is 25.3 Å². The fourth-order valence-corrected chi connectivity index (χ4v) is 3.73. The molecule has 2 atom stereocenters. The number of fused-ring (bicyclic) bond motifs is 1. The Morgan fingerprint density at radius 2 is 2.04 bits per heavy atom. The second-order valence-electron chi connectivity index (χ2n) is 6.86. The van der Waals surface area contributed by atoms with E-state index in [1.807, 2.05) is 24.0 Å². The maximum Gasteiger partial charge on any atom is 0.373 e. The highest BCUT2D eigenvalue weighted by molar-refractivity contribution is 5.86. The highest BCUT2D eigenvalue weighted by Gasteiger charge is 2.71. The third kappa shape index (κ3) is 2.75. The number of hydrogen-bond donors (Lipinski definition) is 0. The molecule has 2 aromatic heterocycles. The summed E-state index contributed by atoms with van der Waals surface area (Å²) in [5, 5.41) is 0. The van der Waals surface area contributed by atoms with Crippen LogP contribution in [0.15, 0.2) is 28.7 Å². The summed E-state index contributed by atoms with van der Waals surface area (Å²) in [6.45, 7) is 2.74. The summed E-state index contributed by atoms with van der Waals surface area (Å²) in [6, 6.07) is 7.17. The summed E-state index contributed by atoms with van der Waals surface area (Å²) in [5.41, 5.74) is 1.91. The van der Waals surface area contributed by atoms with E-state index in [2.05, 4.69) is 9.72 Å². The number of carbonyl (C=O) groups excluding carboxylic acids is 1. The van der Waals surface area contributed by atoms with E-state index < -0.39 is 23.7 Å². The van der Waals surface area contributed by atoms with Crippen molar-refractivity contribution in [2.45, 2.75) is 25.7 Å². The zero-order valence-electron chi connectivity index (χ0n) is 14.7. The second kappa shape index (κ2) is 6.07. The Morgan fingerprint density at radius 1 is 1.31 bits per heavy atom. The van der Waals surface area contributed by atoms with Gasteiger partial charge in [-0.2, -0.15) is 0 Å². The monoisotopic (exact) mass is 362 g/mol.